The number of rotatable bonds is 10. The second-order valence-electron chi connectivity index (χ2n) is 9.97. The average Bonchev–Trinajstić information content (AvgIpc) is 2.77. The highest BCUT2D eigenvalue weighted by Gasteiger charge is 2.30. The first-order chi connectivity index (χ1) is 16.3. The Morgan fingerprint density at radius 2 is 1.74 bits per heavy atom. The molecule has 2 rings (SSSR count). The monoisotopic (exact) mass is 584 g/mol. The van der Waals surface area contributed by atoms with E-state index in [-0.39, 0.29) is 36.3 Å². The van der Waals surface area contributed by atoms with Crippen molar-refractivity contribution in [2.75, 3.05) is 13.2 Å². The lowest BCUT2D eigenvalue weighted by Crippen LogP contribution is -2.50. The molecular formula is C27H35BrCl2N2O3. The lowest BCUT2D eigenvalue weighted by molar-refractivity contribution is -0.143. The molecule has 2 amide bonds. The van der Waals surface area contributed by atoms with E-state index in [0.29, 0.717) is 34.3 Å². The summed E-state index contributed by atoms with van der Waals surface area (Å²) in [5.41, 5.74) is 1.72. The van der Waals surface area contributed by atoms with Gasteiger partial charge >= 0.3 is 0 Å². The number of nitrogens with one attached hydrogen (secondary N) is 1. The maximum absolute atomic E-state index is 13.4. The van der Waals surface area contributed by atoms with Crippen molar-refractivity contribution in [3.05, 3.63) is 62.0 Å². The molecule has 0 aromatic heterocycles. The molecule has 35 heavy (non-hydrogen) atoms. The summed E-state index contributed by atoms with van der Waals surface area (Å²) in [6.07, 6.45) is 0.432. The van der Waals surface area contributed by atoms with Gasteiger partial charge in [0.1, 0.15) is 11.8 Å². The Balaban J connectivity index is 2.29. The van der Waals surface area contributed by atoms with Gasteiger partial charge in [-0.3, -0.25) is 9.59 Å². The predicted molar refractivity (Wildman–Crippen MR) is 147 cm³/mol. The third kappa shape index (κ3) is 8.40. The summed E-state index contributed by atoms with van der Waals surface area (Å²) in [5.74, 6) is 0.294. The third-order valence-corrected chi connectivity index (χ3v) is 6.94. The van der Waals surface area contributed by atoms with Gasteiger partial charge in [0.15, 0.2) is 6.61 Å². The maximum Gasteiger partial charge on any atom is 0.261 e. The molecule has 0 heterocycles. The van der Waals surface area contributed by atoms with E-state index in [0.717, 1.165) is 10.0 Å². The molecule has 0 saturated heterocycles. The minimum Gasteiger partial charge on any atom is -0.483 e. The standard InChI is InChI=1S/C27H35BrCl2N2O3/c1-7-23(26(34)31-14-17(2)3)32(15-19-21(29)9-8-10-22(19)30)25(33)16-35-24-12-11-18(13-20(24)28)27(4,5)6/h8-13,17,23H,7,14-16H2,1-6H3,(H,31,34)/t23-/m1/s1. The number of amides is 2. The van der Waals surface area contributed by atoms with Crippen molar-refractivity contribution < 1.29 is 14.3 Å². The van der Waals surface area contributed by atoms with Gasteiger partial charge in [-0.15, -0.1) is 0 Å². The van der Waals surface area contributed by atoms with Crippen LogP contribution >= 0.6 is 39.1 Å². The first kappa shape index (κ1) is 29.5. The van der Waals surface area contributed by atoms with Crippen molar-refractivity contribution >= 4 is 50.9 Å². The van der Waals surface area contributed by atoms with Crippen LogP contribution in [-0.4, -0.2) is 35.9 Å². The van der Waals surface area contributed by atoms with Crippen molar-refractivity contribution in [3.63, 3.8) is 0 Å². The number of carbonyl (C=O) groups excluding carboxylic acids is 2. The van der Waals surface area contributed by atoms with E-state index in [1.165, 1.54) is 4.90 Å². The summed E-state index contributed by atoms with van der Waals surface area (Å²) < 4.78 is 6.65. The number of nitrogens with zero attached hydrogens (tertiary/aromatic N) is 1. The molecule has 0 aliphatic rings. The highest BCUT2D eigenvalue weighted by Crippen LogP contribution is 2.32. The van der Waals surface area contributed by atoms with Crippen LogP contribution in [0.2, 0.25) is 10.0 Å². The lowest BCUT2D eigenvalue weighted by atomic mass is 9.87. The van der Waals surface area contributed by atoms with E-state index >= 15 is 0 Å². The van der Waals surface area contributed by atoms with Gasteiger partial charge in [-0.2, -0.15) is 0 Å². The first-order valence-corrected chi connectivity index (χ1v) is 13.3. The topological polar surface area (TPSA) is 58.6 Å². The second-order valence-corrected chi connectivity index (χ2v) is 11.6. The molecule has 5 nitrogen and oxygen atoms in total. The van der Waals surface area contributed by atoms with Gasteiger partial charge in [-0.25, -0.2) is 0 Å². The number of hydrogen-bond donors (Lipinski definition) is 1. The van der Waals surface area contributed by atoms with Crippen LogP contribution in [-0.2, 0) is 21.5 Å². The second kappa shape index (κ2) is 13.0. The molecule has 1 N–H and O–H groups in total. The van der Waals surface area contributed by atoms with Crippen LogP contribution in [0.4, 0.5) is 0 Å². The van der Waals surface area contributed by atoms with Crippen molar-refractivity contribution in [1.29, 1.82) is 0 Å². The zero-order valence-corrected chi connectivity index (χ0v) is 24.4. The summed E-state index contributed by atoms with van der Waals surface area (Å²) in [4.78, 5) is 28.0. The highest BCUT2D eigenvalue weighted by molar-refractivity contribution is 9.10. The van der Waals surface area contributed by atoms with Crippen LogP contribution in [0.3, 0.4) is 0 Å². The quantitative estimate of drug-likeness (QED) is 0.326. The normalized spacial score (nSPS) is 12.4. The molecule has 0 radical (unpaired) electrons. The first-order valence-electron chi connectivity index (χ1n) is 11.8. The molecule has 2 aromatic rings. The van der Waals surface area contributed by atoms with Gasteiger partial charge in [-0.1, -0.05) is 76.9 Å². The molecule has 192 valence electrons. The van der Waals surface area contributed by atoms with E-state index in [1.807, 2.05) is 39.0 Å². The third-order valence-electron chi connectivity index (χ3n) is 5.61. The van der Waals surface area contributed by atoms with E-state index in [9.17, 15) is 9.59 Å². The molecule has 0 aliphatic carbocycles. The molecule has 1 atom stereocenters. The van der Waals surface area contributed by atoms with Crippen LogP contribution in [0.25, 0.3) is 0 Å². The minimum atomic E-state index is -0.691. The Bertz CT molecular complexity index is 1020. The molecule has 0 saturated carbocycles. The largest absolute Gasteiger partial charge is 0.483 e. The number of hydrogen-bond acceptors (Lipinski definition) is 3. The Labute approximate surface area is 227 Å². The van der Waals surface area contributed by atoms with Crippen LogP contribution in [0, 0.1) is 5.92 Å². The Morgan fingerprint density at radius 3 is 2.26 bits per heavy atom. The zero-order chi connectivity index (χ0) is 26.3. The molecule has 0 fully saturated rings. The van der Waals surface area contributed by atoms with Crippen LogP contribution in [0.5, 0.6) is 5.75 Å². The SMILES string of the molecule is CC[C@H](C(=O)NCC(C)C)N(Cc1c(Cl)cccc1Cl)C(=O)COc1ccc(C(C)(C)C)cc1Br. The number of carbonyl (C=O) groups is 2. The predicted octanol–water partition coefficient (Wildman–Crippen LogP) is 7.01. The van der Waals surface area contributed by atoms with E-state index in [1.54, 1.807) is 18.2 Å². The fourth-order valence-electron chi connectivity index (χ4n) is 3.50. The van der Waals surface area contributed by atoms with Gasteiger partial charge < -0.3 is 15.0 Å². The molecule has 8 heteroatoms. The summed E-state index contributed by atoms with van der Waals surface area (Å²) in [7, 11) is 0. The fourth-order valence-corrected chi connectivity index (χ4v) is 4.51. The van der Waals surface area contributed by atoms with Gasteiger partial charge in [0.05, 0.1) is 4.47 Å². The molecule has 2 aromatic carbocycles. The van der Waals surface area contributed by atoms with Crippen molar-refractivity contribution in [1.82, 2.24) is 10.2 Å². The molecule has 0 aliphatic heterocycles. The Kier molecular flexibility index (Phi) is 10.9. The average molecular weight is 586 g/mol. The summed E-state index contributed by atoms with van der Waals surface area (Å²) in [6.45, 7) is 12.7. The number of benzene rings is 2. The zero-order valence-electron chi connectivity index (χ0n) is 21.3. The van der Waals surface area contributed by atoms with Crippen molar-refractivity contribution in [3.8, 4) is 5.75 Å². The van der Waals surface area contributed by atoms with Gasteiger partial charge in [0, 0.05) is 28.7 Å². The fraction of sp³-hybridized carbons (Fsp3) is 0.481. The molecule has 0 unspecified atom stereocenters. The maximum atomic E-state index is 13.4. The van der Waals surface area contributed by atoms with Gasteiger partial charge in [0.2, 0.25) is 5.91 Å². The molecule has 0 spiro atoms. The van der Waals surface area contributed by atoms with E-state index < -0.39 is 6.04 Å². The number of ether oxygens (including phenoxy) is 1. The Hall–Kier alpha value is -1.76. The van der Waals surface area contributed by atoms with Gasteiger partial charge in [-0.05, 0) is 63.5 Å². The van der Waals surface area contributed by atoms with E-state index in [4.69, 9.17) is 27.9 Å². The van der Waals surface area contributed by atoms with Crippen LogP contribution in [0.1, 0.15) is 59.1 Å². The molecule has 0 bridgehead atoms. The van der Waals surface area contributed by atoms with Gasteiger partial charge in [0.25, 0.3) is 5.91 Å². The van der Waals surface area contributed by atoms with Crippen LogP contribution < -0.4 is 10.1 Å². The van der Waals surface area contributed by atoms with Crippen molar-refractivity contribution in [2.45, 2.75) is 66.0 Å². The number of halogens is 3. The summed E-state index contributed by atoms with van der Waals surface area (Å²) >= 11 is 16.3. The summed E-state index contributed by atoms with van der Waals surface area (Å²) in [6, 6.07) is 10.3. The lowest BCUT2D eigenvalue weighted by Gasteiger charge is -2.31. The van der Waals surface area contributed by atoms with Crippen LogP contribution in [0.15, 0.2) is 40.9 Å². The molecular weight excluding hydrogens is 551 g/mol. The highest BCUT2D eigenvalue weighted by atomic mass is 79.9. The Morgan fingerprint density at radius 1 is 1.11 bits per heavy atom. The van der Waals surface area contributed by atoms with E-state index in [2.05, 4.69) is 42.0 Å². The van der Waals surface area contributed by atoms with Crippen molar-refractivity contribution in [2.24, 2.45) is 5.92 Å². The smallest absolute Gasteiger partial charge is 0.261 e. The summed E-state index contributed by atoms with van der Waals surface area (Å²) in [5, 5.41) is 3.82. The minimum absolute atomic E-state index is 0.0143.